The van der Waals surface area contributed by atoms with Crippen LogP contribution in [0, 0.1) is 11.8 Å². The molecule has 19 heavy (non-hydrogen) atoms. The molecule has 1 aliphatic rings. The number of rotatable bonds is 3. The molecule has 102 valence electrons. The van der Waals surface area contributed by atoms with Crippen molar-refractivity contribution >= 4 is 5.52 Å². The van der Waals surface area contributed by atoms with Crippen LogP contribution in [-0.2, 0) is 0 Å². The highest BCUT2D eigenvalue weighted by molar-refractivity contribution is 5.55. The van der Waals surface area contributed by atoms with E-state index in [2.05, 4.69) is 29.6 Å². The number of hydrogen-bond acceptors (Lipinski definition) is 3. The van der Waals surface area contributed by atoms with Gasteiger partial charge in [0.2, 0.25) is 0 Å². The monoisotopic (exact) mass is 258 g/mol. The molecule has 2 aromatic heterocycles. The van der Waals surface area contributed by atoms with Crippen LogP contribution in [0.3, 0.4) is 0 Å². The van der Waals surface area contributed by atoms with Crippen LogP contribution in [0.2, 0.25) is 0 Å². The van der Waals surface area contributed by atoms with E-state index in [0.29, 0.717) is 5.92 Å². The van der Waals surface area contributed by atoms with Gasteiger partial charge < -0.3 is 0 Å². The first-order valence-electron chi connectivity index (χ1n) is 7.18. The van der Waals surface area contributed by atoms with E-state index in [0.717, 1.165) is 11.4 Å². The van der Waals surface area contributed by atoms with E-state index in [1.165, 1.54) is 31.2 Å². The van der Waals surface area contributed by atoms with Gasteiger partial charge in [0, 0.05) is 11.8 Å². The number of fused-ring (bicyclic) bond motifs is 1. The molecule has 3 unspecified atom stereocenters. The second-order valence-corrected chi connectivity index (χ2v) is 5.81. The third kappa shape index (κ3) is 2.38. The lowest BCUT2D eigenvalue weighted by Gasteiger charge is -2.32. The molecule has 2 aromatic rings. The van der Waals surface area contributed by atoms with E-state index < -0.39 is 0 Å². The molecule has 0 aromatic carbocycles. The van der Waals surface area contributed by atoms with E-state index in [9.17, 15) is 0 Å². The largest absolute Gasteiger partial charge is 0.271 e. The van der Waals surface area contributed by atoms with Crippen molar-refractivity contribution in [3.63, 3.8) is 0 Å². The zero-order valence-electron chi connectivity index (χ0n) is 11.4. The van der Waals surface area contributed by atoms with Gasteiger partial charge in [0.15, 0.2) is 0 Å². The lowest BCUT2D eigenvalue weighted by molar-refractivity contribution is 0.225. The van der Waals surface area contributed by atoms with E-state index in [4.69, 9.17) is 5.84 Å². The van der Waals surface area contributed by atoms with Gasteiger partial charge in [-0.15, -0.1) is 0 Å². The van der Waals surface area contributed by atoms with Gasteiger partial charge in [-0.2, -0.15) is 5.10 Å². The SMILES string of the molecule is CC1CCCC(C(NN)c2cnn3ccccc23)C1. The molecule has 1 aliphatic carbocycles. The average Bonchev–Trinajstić information content (AvgIpc) is 2.84. The zero-order valence-corrected chi connectivity index (χ0v) is 11.4. The highest BCUT2D eigenvalue weighted by Crippen LogP contribution is 2.37. The van der Waals surface area contributed by atoms with Crippen LogP contribution in [0.4, 0.5) is 0 Å². The van der Waals surface area contributed by atoms with Crippen molar-refractivity contribution in [2.24, 2.45) is 17.7 Å². The van der Waals surface area contributed by atoms with Crippen molar-refractivity contribution < 1.29 is 0 Å². The van der Waals surface area contributed by atoms with Crippen molar-refractivity contribution in [2.75, 3.05) is 0 Å². The standard InChI is InChI=1S/C15H22N4/c1-11-5-4-6-12(9-11)15(18-16)13-10-17-19-8-3-2-7-14(13)19/h2-3,7-8,10-12,15,18H,4-6,9,16H2,1H3. The Hall–Kier alpha value is -1.39. The summed E-state index contributed by atoms with van der Waals surface area (Å²) in [5, 5.41) is 4.42. The molecule has 0 spiro atoms. The van der Waals surface area contributed by atoms with Gasteiger partial charge in [-0.3, -0.25) is 11.3 Å². The molecule has 4 heteroatoms. The molecule has 0 bridgehead atoms. The third-order valence-corrected chi connectivity index (χ3v) is 4.42. The number of pyridine rings is 1. The summed E-state index contributed by atoms with van der Waals surface area (Å²) in [5.41, 5.74) is 5.41. The van der Waals surface area contributed by atoms with E-state index in [-0.39, 0.29) is 6.04 Å². The molecule has 0 amide bonds. The van der Waals surface area contributed by atoms with Crippen molar-refractivity contribution in [2.45, 2.75) is 38.6 Å². The van der Waals surface area contributed by atoms with Crippen LogP contribution in [0.1, 0.15) is 44.2 Å². The topological polar surface area (TPSA) is 55.3 Å². The van der Waals surface area contributed by atoms with Crippen molar-refractivity contribution in [3.05, 3.63) is 36.2 Å². The molecule has 3 N–H and O–H groups in total. The normalized spacial score (nSPS) is 25.6. The molecule has 3 rings (SSSR count). The van der Waals surface area contributed by atoms with E-state index in [1.54, 1.807) is 0 Å². The van der Waals surface area contributed by atoms with Crippen LogP contribution >= 0.6 is 0 Å². The molecular weight excluding hydrogens is 236 g/mol. The van der Waals surface area contributed by atoms with Crippen LogP contribution in [0.5, 0.6) is 0 Å². The summed E-state index contributed by atoms with van der Waals surface area (Å²) in [6, 6.07) is 6.37. The minimum Gasteiger partial charge on any atom is -0.271 e. The predicted octanol–water partition coefficient (Wildman–Crippen LogP) is 2.67. The first kappa shape index (κ1) is 12.6. The smallest absolute Gasteiger partial charge is 0.0710 e. The summed E-state index contributed by atoms with van der Waals surface area (Å²) in [5.74, 6) is 7.26. The Labute approximate surface area is 114 Å². The first-order valence-corrected chi connectivity index (χ1v) is 7.18. The molecular formula is C15H22N4. The maximum absolute atomic E-state index is 5.84. The van der Waals surface area contributed by atoms with Gasteiger partial charge in [-0.05, 0) is 36.8 Å². The number of aromatic nitrogens is 2. The van der Waals surface area contributed by atoms with Gasteiger partial charge in [0.25, 0.3) is 0 Å². The zero-order chi connectivity index (χ0) is 13.2. The van der Waals surface area contributed by atoms with Crippen molar-refractivity contribution in [3.8, 4) is 0 Å². The Balaban J connectivity index is 1.93. The van der Waals surface area contributed by atoms with Gasteiger partial charge in [0.1, 0.15) is 0 Å². The molecule has 1 saturated carbocycles. The maximum atomic E-state index is 5.84. The summed E-state index contributed by atoms with van der Waals surface area (Å²) in [6.45, 7) is 2.34. The van der Waals surface area contributed by atoms with Crippen LogP contribution in [-0.4, -0.2) is 9.61 Å². The van der Waals surface area contributed by atoms with Gasteiger partial charge >= 0.3 is 0 Å². The van der Waals surface area contributed by atoms with E-state index in [1.807, 2.05) is 23.0 Å². The Morgan fingerprint density at radius 2 is 2.32 bits per heavy atom. The summed E-state index contributed by atoms with van der Waals surface area (Å²) >= 11 is 0. The number of nitrogens with zero attached hydrogens (tertiary/aromatic N) is 2. The van der Waals surface area contributed by atoms with Crippen LogP contribution in [0.25, 0.3) is 5.52 Å². The quantitative estimate of drug-likeness (QED) is 0.657. The minimum atomic E-state index is 0.211. The lowest BCUT2D eigenvalue weighted by atomic mass is 9.77. The number of hydrogen-bond donors (Lipinski definition) is 2. The second kappa shape index (κ2) is 5.31. The molecule has 2 heterocycles. The van der Waals surface area contributed by atoms with Crippen molar-refractivity contribution in [1.29, 1.82) is 0 Å². The highest BCUT2D eigenvalue weighted by Gasteiger charge is 2.28. The van der Waals surface area contributed by atoms with Gasteiger partial charge in [-0.25, -0.2) is 4.52 Å². The Morgan fingerprint density at radius 3 is 3.11 bits per heavy atom. The summed E-state index contributed by atoms with van der Waals surface area (Å²) < 4.78 is 1.92. The Bertz CT molecular complexity index is 548. The van der Waals surface area contributed by atoms with Gasteiger partial charge in [-0.1, -0.05) is 25.8 Å². The summed E-state index contributed by atoms with van der Waals surface area (Å²) in [4.78, 5) is 0. The van der Waals surface area contributed by atoms with Crippen LogP contribution < -0.4 is 11.3 Å². The molecule has 3 atom stereocenters. The third-order valence-electron chi connectivity index (χ3n) is 4.42. The van der Waals surface area contributed by atoms with Crippen LogP contribution in [0.15, 0.2) is 30.6 Å². The maximum Gasteiger partial charge on any atom is 0.0710 e. The fourth-order valence-electron chi connectivity index (χ4n) is 3.46. The van der Waals surface area contributed by atoms with Gasteiger partial charge in [0.05, 0.1) is 17.8 Å². The minimum absolute atomic E-state index is 0.211. The van der Waals surface area contributed by atoms with Crippen molar-refractivity contribution in [1.82, 2.24) is 15.0 Å². The molecule has 0 radical (unpaired) electrons. The lowest BCUT2D eigenvalue weighted by Crippen LogP contribution is -2.35. The number of hydrazine groups is 1. The predicted molar refractivity (Wildman–Crippen MR) is 76.4 cm³/mol. The average molecular weight is 258 g/mol. The molecule has 1 fully saturated rings. The second-order valence-electron chi connectivity index (χ2n) is 5.81. The fourth-order valence-corrected chi connectivity index (χ4v) is 3.46. The molecule has 0 saturated heterocycles. The highest BCUT2D eigenvalue weighted by atomic mass is 15.3. The summed E-state index contributed by atoms with van der Waals surface area (Å²) in [6.07, 6.45) is 9.10. The van der Waals surface area contributed by atoms with E-state index >= 15 is 0 Å². The Kier molecular flexibility index (Phi) is 3.53. The molecule has 4 nitrogen and oxygen atoms in total. The first-order chi connectivity index (χ1) is 9.29. The summed E-state index contributed by atoms with van der Waals surface area (Å²) in [7, 11) is 0. The number of nitrogens with two attached hydrogens (primary N) is 1. The number of nitrogens with one attached hydrogen (secondary N) is 1. The fraction of sp³-hybridized carbons (Fsp3) is 0.533. The molecule has 0 aliphatic heterocycles. The Morgan fingerprint density at radius 1 is 1.42 bits per heavy atom.